The molecule has 0 bridgehead atoms. The van der Waals surface area contributed by atoms with Crippen molar-refractivity contribution in [1.82, 2.24) is 10.2 Å². The number of para-hydroxylation sites is 1. The quantitative estimate of drug-likeness (QED) is 0.769. The summed E-state index contributed by atoms with van der Waals surface area (Å²) < 4.78 is 0. The number of hydrogen-bond donors (Lipinski definition) is 1. The molecule has 1 heterocycles. The highest BCUT2D eigenvalue weighted by molar-refractivity contribution is 6.10. The predicted octanol–water partition coefficient (Wildman–Crippen LogP) is 3.82. The van der Waals surface area contributed by atoms with Crippen LogP contribution in [0.1, 0.15) is 44.6 Å². The molecule has 0 spiro atoms. The minimum absolute atomic E-state index is 0.0925. The van der Waals surface area contributed by atoms with Crippen molar-refractivity contribution in [2.45, 2.75) is 50.6 Å². The topological polar surface area (TPSA) is 69.7 Å². The van der Waals surface area contributed by atoms with E-state index in [2.05, 4.69) is 5.32 Å². The molecule has 0 unspecified atom stereocenters. The van der Waals surface area contributed by atoms with E-state index in [1.807, 2.05) is 60.7 Å². The molecule has 30 heavy (non-hydrogen) atoms. The van der Waals surface area contributed by atoms with Gasteiger partial charge in [0.15, 0.2) is 0 Å². The Morgan fingerprint density at radius 1 is 1.00 bits per heavy atom. The second kappa shape index (κ2) is 8.30. The summed E-state index contributed by atoms with van der Waals surface area (Å²) in [7, 11) is 0. The minimum atomic E-state index is -1.17. The van der Waals surface area contributed by atoms with Gasteiger partial charge < -0.3 is 10.2 Å². The third kappa shape index (κ3) is 3.70. The maximum absolute atomic E-state index is 13.4. The molecule has 2 aliphatic rings. The lowest BCUT2D eigenvalue weighted by atomic mass is 9.92. The van der Waals surface area contributed by atoms with Gasteiger partial charge in [-0.3, -0.25) is 14.5 Å². The van der Waals surface area contributed by atoms with Crippen molar-refractivity contribution in [3.63, 3.8) is 0 Å². The summed E-state index contributed by atoms with van der Waals surface area (Å²) in [5, 5.41) is 2.78. The van der Waals surface area contributed by atoms with Crippen LogP contribution in [0.15, 0.2) is 60.7 Å². The minimum Gasteiger partial charge on any atom is -0.319 e. The third-order valence-corrected chi connectivity index (χ3v) is 6.16. The van der Waals surface area contributed by atoms with E-state index in [-0.39, 0.29) is 18.5 Å². The molecule has 2 aromatic rings. The predicted molar refractivity (Wildman–Crippen MR) is 115 cm³/mol. The van der Waals surface area contributed by atoms with Crippen LogP contribution in [-0.4, -0.2) is 35.3 Å². The van der Waals surface area contributed by atoms with Crippen molar-refractivity contribution in [3.05, 3.63) is 66.2 Å². The summed E-state index contributed by atoms with van der Waals surface area (Å²) in [6.45, 7) is 1.42. The Kier molecular flexibility index (Phi) is 5.57. The monoisotopic (exact) mass is 405 g/mol. The fourth-order valence-electron chi connectivity index (χ4n) is 4.51. The van der Waals surface area contributed by atoms with Gasteiger partial charge >= 0.3 is 6.03 Å². The highest BCUT2D eigenvalue weighted by atomic mass is 16.2. The number of nitrogens with one attached hydrogen (secondary N) is 1. The second-order valence-electron chi connectivity index (χ2n) is 8.20. The summed E-state index contributed by atoms with van der Waals surface area (Å²) in [4.78, 5) is 42.1. The van der Waals surface area contributed by atoms with E-state index >= 15 is 0 Å². The largest absolute Gasteiger partial charge is 0.325 e. The average Bonchev–Trinajstić information content (AvgIpc) is 3.00. The zero-order valence-corrected chi connectivity index (χ0v) is 17.2. The van der Waals surface area contributed by atoms with Gasteiger partial charge in [-0.15, -0.1) is 0 Å². The van der Waals surface area contributed by atoms with Gasteiger partial charge in [-0.2, -0.15) is 0 Å². The number of hydrogen-bond acceptors (Lipinski definition) is 3. The molecule has 6 heteroatoms. The molecule has 1 atom stereocenters. The van der Waals surface area contributed by atoms with Crippen LogP contribution in [-0.2, 0) is 15.1 Å². The third-order valence-electron chi connectivity index (χ3n) is 6.16. The Morgan fingerprint density at radius 3 is 2.23 bits per heavy atom. The number of urea groups is 1. The first-order valence-electron chi connectivity index (χ1n) is 10.6. The van der Waals surface area contributed by atoms with Crippen molar-refractivity contribution in [2.75, 3.05) is 11.4 Å². The van der Waals surface area contributed by atoms with E-state index in [0.717, 1.165) is 36.3 Å². The average molecular weight is 405 g/mol. The Balaban J connectivity index is 1.58. The van der Waals surface area contributed by atoms with Gasteiger partial charge in [0.05, 0.1) is 0 Å². The zero-order chi connectivity index (χ0) is 21.1. The number of benzene rings is 2. The molecule has 1 saturated heterocycles. The standard InChI is InChI=1S/C24H27N3O3/c1-24(18-11-5-2-6-12-18)22(29)26(23(30)25-24)17-21(28)27(19-13-7-3-8-14-19)20-15-9-4-10-16-20/h2-3,5-8,11-14,20H,4,9-10,15-17H2,1H3,(H,25,30)/t24-/m0/s1. The summed E-state index contributed by atoms with van der Waals surface area (Å²) in [6.07, 6.45) is 5.20. The van der Waals surface area contributed by atoms with Gasteiger partial charge in [-0.05, 0) is 37.5 Å². The number of nitrogens with zero attached hydrogens (tertiary/aromatic N) is 2. The summed E-state index contributed by atoms with van der Waals surface area (Å²) in [6, 6.07) is 18.2. The fourth-order valence-corrected chi connectivity index (χ4v) is 4.51. The van der Waals surface area contributed by atoms with Crippen LogP contribution in [0.3, 0.4) is 0 Å². The van der Waals surface area contributed by atoms with Gasteiger partial charge in [0, 0.05) is 11.7 Å². The molecule has 1 saturated carbocycles. The Bertz CT molecular complexity index is 925. The van der Waals surface area contributed by atoms with E-state index in [1.54, 1.807) is 11.8 Å². The molecular formula is C24H27N3O3. The number of rotatable bonds is 5. The SMILES string of the molecule is C[C@@]1(c2ccccc2)NC(=O)N(CC(=O)N(c2ccccc2)C2CCCCC2)C1=O. The number of imide groups is 1. The Morgan fingerprint density at radius 2 is 1.60 bits per heavy atom. The summed E-state index contributed by atoms with van der Waals surface area (Å²) in [5.41, 5.74) is 0.346. The van der Waals surface area contributed by atoms with E-state index in [4.69, 9.17) is 0 Å². The molecule has 0 radical (unpaired) electrons. The van der Waals surface area contributed by atoms with Gasteiger partial charge in [0.2, 0.25) is 5.91 Å². The van der Waals surface area contributed by atoms with E-state index in [1.165, 1.54) is 6.42 Å². The van der Waals surface area contributed by atoms with Gasteiger partial charge in [0.1, 0.15) is 12.1 Å². The van der Waals surface area contributed by atoms with Crippen molar-refractivity contribution in [1.29, 1.82) is 0 Å². The second-order valence-corrected chi connectivity index (χ2v) is 8.20. The van der Waals surface area contributed by atoms with Gasteiger partial charge in [-0.25, -0.2) is 4.79 Å². The molecule has 1 aliphatic carbocycles. The highest BCUT2D eigenvalue weighted by Gasteiger charge is 2.49. The van der Waals surface area contributed by atoms with Crippen LogP contribution in [0.4, 0.5) is 10.5 Å². The summed E-state index contributed by atoms with van der Waals surface area (Å²) in [5.74, 6) is -0.627. The lowest BCUT2D eigenvalue weighted by molar-refractivity contribution is -0.134. The zero-order valence-electron chi connectivity index (χ0n) is 17.2. The maximum atomic E-state index is 13.4. The van der Waals surface area contributed by atoms with Gasteiger partial charge in [-0.1, -0.05) is 67.8 Å². The molecule has 0 aromatic heterocycles. The highest BCUT2D eigenvalue weighted by Crippen LogP contribution is 2.30. The maximum Gasteiger partial charge on any atom is 0.325 e. The number of carbonyl (C=O) groups excluding carboxylic acids is 3. The van der Waals surface area contributed by atoms with Crippen LogP contribution in [0.5, 0.6) is 0 Å². The first-order valence-corrected chi connectivity index (χ1v) is 10.6. The molecule has 2 aromatic carbocycles. The smallest absolute Gasteiger partial charge is 0.319 e. The number of amides is 4. The first kappa shape index (κ1) is 20.1. The first-order chi connectivity index (χ1) is 14.5. The molecule has 1 aliphatic heterocycles. The Labute approximate surface area is 176 Å². The van der Waals surface area contributed by atoms with Crippen LogP contribution >= 0.6 is 0 Å². The van der Waals surface area contributed by atoms with E-state index in [9.17, 15) is 14.4 Å². The lowest BCUT2D eigenvalue weighted by Crippen LogP contribution is -2.48. The molecule has 156 valence electrons. The van der Waals surface area contributed by atoms with Crippen molar-refractivity contribution >= 4 is 23.5 Å². The van der Waals surface area contributed by atoms with Gasteiger partial charge in [0.25, 0.3) is 5.91 Å². The van der Waals surface area contributed by atoms with Crippen molar-refractivity contribution in [3.8, 4) is 0 Å². The molecule has 6 nitrogen and oxygen atoms in total. The van der Waals surface area contributed by atoms with Crippen molar-refractivity contribution < 1.29 is 14.4 Å². The normalized spacial score (nSPS) is 22.1. The molecule has 4 amide bonds. The van der Waals surface area contributed by atoms with Crippen LogP contribution < -0.4 is 10.2 Å². The molecule has 2 fully saturated rings. The van der Waals surface area contributed by atoms with Crippen LogP contribution in [0, 0.1) is 0 Å². The number of carbonyl (C=O) groups is 3. The van der Waals surface area contributed by atoms with E-state index < -0.39 is 17.5 Å². The number of anilines is 1. The van der Waals surface area contributed by atoms with Crippen molar-refractivity contribution in [2.24, 2.45) is 0 Å². The van der Waals surface area contributed by atoms with E-state index in [0.29, 0.717) is 5.56 Å². The lowest BCUT2D eigenvalue weighted by Gasteiger charge is -2.35. The summed E-state index contributed by atoms with van der Waals surface area (Å²) >= 11 is 0. The Hall–Kier alpha value is -3.15. The fraction of sp³-hybridized carbons (Fsp3) is 0.375. The van der Waals surface area contributed by atoms with Crippen LogP contribution in [0.25, 0.3) is 0 Å². The molecular weight excluding hydrogens is 378 g/mol. The molecule has 4 rings (SSSR count). The van der Waals surface area contributed by atoms with Crippen LogP contribution in [0.2, 0.25) is 0 Å². The molecule has 1 N–H and O–H groups in total.